The maximum atomic E-state index is 11.2. The Hall–Kier alpha value is -1.45. The fourth-order valence-electron chi connectivity index (χ4n) is 0.975. The molecule has 0 bridgehead atoms. The quantitative estimate of drug-likeness (QED) is 0.624. The Labute approximate surface area is 82.6 Å². The Morgan fingerprint density at radius 3 is 2.36 bits per heavy atom. The highest BCUT2D eigenvalue weighted by molar-refractivity contribution is 5.94. The fraction of sp³-hybridized carbons (Fsp3) is 0.500. The number of hydrogen-bond donors (Lipinski definition) is 1. The van der Waals surface area contributed by atoms with Crippen LogP contribution in [0.4, 0.5) is 0 Å². The van der Waals surface area contributed by atoms with Crippen LogP contribution < -0.4 is 0 Å². The maximum absolute atomic E-state index is 11.2. The van der Waals surface area contributed by atoms with Gasteiger partial charge in [-0.25, -0.2) is 0 Å². The van der Waals surface area contributed by atoms with E-state index in [1.54, 1.807) is 6.92 Å². The van der Waals surface area contributed by atoms with E-state index in [0.717, 1.165) is 0 Å². The molecule has 0 saturated heterocycles. The molecule has 0 aromatic rings. The van der Waals surface area contributed by atoms with Gasteiger partial charge in [0.1, 0.15) is 5.78 Å². The van der Waals surface area contributed by atoms with E-state index >= 15 is 0 Å². The van der Waals surface area contributed by atoms with Crippen molar-refractivity contribution < 1.29 is 19.5 Å². The predicted molar refractivity (Wildman–Crippen MR) is 50.9 cm³/mol. The van der Waals surface area contributed by atoms with Crippen molar-refractivity contribution in [2.75, 3.05) is 0 Å². The molecular formula is C10H14O4. The first-order valence-electron chi connectivity index (χ1n) is 4.37. The van der Waals surface area contributed by atoms with Crippen LogP contribution in [0.15, 0.2) is 12.7 Å². The summed E-state index contributed by atoms with van der Waals surface area (Å²) in [5.41, 5.74) is 0. The SMILES string of the molecule is C=CC(=O)CC(C)C(=O)CCC(=O)O. The van der Waals surface area contributed by atoms with E-state index in [1.165, 1.54) is 6.08 Å². The van der Waals surface area contributed by atoms with Gasteiger partial charge in [0.25, 0.3) is 0 Å². The van der Waals surface area contributed by atoms with Crippen molar-refractivity contribution in [3.63, 3.8) is 0 Å². The average Bonchev–Trinajstić information content (AvgIpc) is 2.13. The van der Waals surface area contributed by atoms with Crippen LogP contribution in [0, 0.1) is 5.92 Å². The lowest BCUT2D eigenvalue weighted by Gasteiger charge is -2.06. The highest BCUT2D eigenvalue weighted by atomic mass is 16.4. The molecule has 4 nitrogen and oxygen atoms in total. The smallest absolute Gasteiger partial charge is 0.303 e. The lowest BCUT2D eigenvalue weighted by Crippen LogP contribution is -2.15. The number of ketones is 2. The number of carbonyl (C=O) groups is 3. The second kappa shape index (κ2) is 6.07. The summed E-state index contributed by atoms with van der Waals surface area (Å²) in [5, 5.41) is 8.34. The zero-order valence-electron chi connectivity index (χ0n) is 8.16. The number of allylic oxidation sites excluding steroid dienone is 1. The highest BCUT2D eigenvalue weighted by Gasteiger charge is 2.16. The van der Waals surface area contributed by atoms with Gasteiger partial charge in [0.2, 0.25) is 0 Å². The van der Waals surface area contributed by atoms with Gasteiger partial charge in [-0.15, -0.1) is 0 Å². The lowest BCUT2D eigenvalue weighted by atomic mass is 9.97. The normalized spacial score (nSPS) is 11.8. The van der Waals surface area contributed by atoms with Crippen LogP contribution >= 0.6 is 0 Å². The zero-order chi connectivity index (χ0) is 11.1. The Bertz CT molecular complexity index is 255. The van der Waals surface area contributed by atoms with Crippen LogP contribution in [0.3, 0.4) is 0 Å². The van der Waals surface area contributed by atoms with Crippen LogP contribution in [0.2, 0.25) is 0 Å². The van der Waals surface area contributed by atoms with Crippen molar-refractivity contribution in [2.45, 2.75) is 26.2 Å². The zero-order valence-corrected chi connectivity index (χ0v) is 8.16. The summed E-state index contributed by atoms with van der Waals surface area (Å²) in [5.74, 6) is -1.80. The van der Waals surface area contributed by atoms with E-state index in [9.17, 15) is 14.4 Å². The molecule has 1 unspecified atom stereocenters. The number of hydrogen-bond acceptors (Lipinski definition) is 3. The number of carbonyl (C=O) groups excluding carboxylic acids is 2. The number of Topliss-reactive ketones (excluding diaryl/α,β-unsaturated/α-hetero) is 1. The van der Waals surface area contributed by atoms with Crippen molar-refractivity contribution in [1.29, 1.82) is 0 Å². The van der Waals surface area contributed by atoms with E-state index in [-0.39, 0.29) is 30.8 Å². The molecular weight excluding hydrogens is 184 g/mol. The van der Waals surface area contributed by atoms with E-state index in [2.05, 4.69) is 6.58 Å². The minimum Gasteiger partial charge on any atom is -0.481 e. The number of carboxylic acids is 1. The van der Waals surface area contributed by atoms with E-state index < -0.39 is 11.9 Å². The minimum atomic E-state index is -0.999. The van der Waals surface area contributed by atoms with Crippen molar-refractivity contribution in [1.82, 2.24) is 0 Å². The average molecular weight is 198 g/mol. The molecule has 14 heavy (non-hydrogen) atoms. The van der Waals surface area contributed by atoms with Crippen LogP contribution in [-0.2, 0) is 14.4 Å². The van der Waals surface area contributed by atoms with Crippen LogP contribution in [0.5, 0.6) is 0 Å². The molecule has 0 spiro atoms. The topological polar surface area (TPSA) is 71.4 Å². The molecule has 0 aliphatic rings. The van der Waals surface area contributed by atoms with Gasteiger partial charge in [0, 0.05) is 18.8 Å². The van der Waals surface area contributed by atoms with Gasteiger partial charge >= 0.3 is 5.97 Å². The molecule has 0 amide bonds. The van der Waals surface area contributed by atoms with Crippen molar-refractivity contribution in [3.8, 4) is 0 Å². The summed E-state index contributed by atoms with van der Waals surface area (Å²) >= 11 is 0. The van der Waals surface area contributed by atoms with Crippen LogP contribution in [0.25, 0.3) is 0 Å². The van der Waals surface area contributed by atoms with Crippen LogP contribution in [0.1, 0.15) is 26.2 Å². The fourth-order valence-corrected chi connectivity index (χ4v) is 0.975. The van der Waals surface area contributed by atoms with E-state index in [0.29, 0.717) is 0 Å². The third-order valence-electron chi connectivity index (χ3n) is 1.87. The van der Waals surface area contributed by atoms with Gasteiger partial charge < -0.3 is 5.11 Å². The molecule has 0 radical (unpaired) electrons. The van der Waals surface area contributed by atoms with Crippen molar-refractivity contribution in [3.05, 3.63) is 12.7 Å². The van der Waals surface area contributed by atoms with Gasteiger partial charge in [-0.05, 0) is 6.08 Å². The first-order valence-corrected chi connectivity index (χ1v) is 4.37. The Kier molecular flexibility index (Phi) is 5.44. The lowest BCUT2D eigenvalue weighted by molar-refractivity contribution is -0.139. The molecule has 78 valence electrons. The Morgan fingerprint density at radius 2 is 1.93 bits per heavy atom. The van der Waals surface area contributed by atoms with E-state index in [4.69, 9.17) is 5.11 Å². The molecule has 0 saturated carbocycles. The molecule has 0 aromatic carbocycles. The molecule has 0 aromatic heterocycles. The number of carboxylic acid groups (broad SMARTS) is 1. The maximum Gasteiger partial charge on any atom is 0.303 e. The molecule has 0 heterocycles. The molecule has 0 rings (SSSR count). The van der Waals surface area contributed by atoms with E-state index in [1.807, 2.05) is 0 Å². The summed E-state index contributed by atoms with van der Waals surface area (Å²) in [6.07, 6.45) is 1.09. The summed E-state index contributed by atoms with van der Waals surface area (Å²) in [4.78, 5) is 32.3. The second-order valence-corrected chi connectivity index (χ2v) is 3.14. The molecule has 0 aliphatic carbocycles. The third kappa shape index (κ3) is 5.24. The molecule has 0 aliphatic heterocycles. The first kappa shape index (κ1) is 12.6. The Balaban J connectivity index is 3.93. The largest absolute Gasteiger partial charge is 0.481 e. The summed E-state index contributed by atoms with van der Waals surface area (Å²) in [7, 11) is 0. The van der Waals surface area contributed by atoms with Gasteiger partial charge in [-0.3, -0.25) is 14.4 Å². The van der Waals surface area contributed by atoms with Gasteiger partial charge in [0.05, 0.1) is 6.42 Å². The van der Waals surface area contributed by atoms with Gasteiger partial charge in [-0.1, -0.05) is 13.5 Å². The summed E-state index contributed by atoms with van der Waals surface area (Å²) < 4.78 is 0. The Morgan fingerprint density at radius 1 is 1.36 bits per heavy atom. The predicted octanol–water partition coefficient (Wildman–Crippen LogP) is 1.20. The van der Waals surface area contributed by atoms with Crippen LogP contribution in [-0.4, -0.2) is 22.6 Å². The molecule has 1 atom stereocenters. The highest BCUT2D eigenvalue weighted by Crippen LogP contribution is 2.08. The molecule has 1 N–H and O–H groups in total. The van der Waals surface area contributed by atoms with Crippen molar-refractivity contribution in [2.24, 2.45) is 5.92 Å². The minimum absolute atomic E-state index is 0.0130. The van der Waals surface area contributed by atoms with Gasteiger partial charge in [0.15, 0.2) is 5.78 Å². The number of aliphatic carboxylic acids is 1. The van der Waals surface area contributed by atoms with Gasteiger partial charge in [-0.2, -0.15) is 0 Å². The summed E-state index contributed by atoms with van der Waals surface area (Å²) in [6, 6.07) is 0. The second-order valence-electron chi connectivity index (χ2n) is 3.14. The summed E-state index contributed by atoms with van der Waals surface area (Å²) in [6.45, 7) is 4.91. The first-order chi connectivity index (χ1) is 6.47. The third-order valence-corrected chi connectivity index (χ3v) is 1.87. The number of rotatable bonds is 7. The van der Waals surface area contributed by atoms with Crippen molar-refractivity contribution >= 4 is 17.5 Å². The monoisotopic (exact) mass is 198 g/mol. The molecule has 0 fully saturated rings. The molecule has 4 heteroatoms. The standard InChI is InChI=1S/C10H14O4/c1-3-8(11)6-7(2)9(12)4-5-10(13)14/h3,7H,1,4-6H2,2H3,(H,13,14).